The van der Waals surface area contributed by atoms with Gasteiger partial charge in [-0.25, -0.2) is 0 Å². The Morgan fingerprint density at radius 3 is 1.64 bits per heavy atom. The summed E-state index contributed by atoms with van der Waals surface area (Å²) in [5, 5.41) is 1.30. The van der Waals surface area contributed by atoms with Gasteiger partial charge in [-0.05, 0) is 67.0 Å². The average molecular weight is 382 g/mol. The van der Waals surface area contributed by atoms with Crippen molar-refractivity contribution in [1.82, 2.24) is 9.97 Å². The smallest absolute Gasteiger partial charge is 0.361 e. The summed E-state index contributed by atoms with van der Waals surface area (Å²) in [6, 6.07) is 11.2. The second-order valence-corrected chi connectivity index (χ2v) is 8.08. The Kier molecular flexibility index (Phi) is 3.52. The van der Waals surface area contributed by atoms with Gasteiger partial charge in [0.2, 0.25) is 0 Å². The lowest BCUT2D eigenvalue weighted by Crippen LogP contribution is -2.45. The monoisotopic (exact) mass is 382 g/mol. The van der Waals surface area contributed by atoms with Crippen molar-refractivity contribution in [1.29, 1.82) is 0 Å². The Labute approximate surface area is 160 Å². The first kappa shape index (κ1) is 17.4. The van der Waals surface area contributed by atoms with Crippen LogP contribution in [0, 0.1) is 19.8 Å². The lowest BCUT2D eigenvalue weighted by Gasteiger charge is -2.36. The van der Waals surface area contributed by atoms with Crippen molar-refractivity contribution in [2.24, 2.45) is 5.92 Å². The van der Waals surface area contributed by atoms with Gasteiger partial charge in [0.25, 0.3) is 0 Å². The Morgan fingerprint density at radius 2 is 1.25 bits per heavy atom. The molecule has 2 aromatic carbocycles. The van der Waals surface area contributed by atoms with Gasteiger partial charge < -0.3 is 9.97 Å². The minimum Gasteiger partial charge on any atom is -0.361 e. The first-order valence-electron chi connectivity index (χ1n) is 9.55. The van der Waals surface area contributed by atoms with E-state index < -0.39 is 17.5 Å². The van der Waals surface area contributed by atoms with Crippen LogP contribution in [0.1, 0.15) is 35.1 Å². The van der Waals surface area contributed by atoms with E-state index in [0.717, 1.165) is 22.2 Å². The summed E-state index contributed by atoms with van der Waals surface area (Å²) in [4.78, 5) is 6.20. The van der Waals surface area contributed by atoms with Crippen LogP contribution in [-0.4, -0.2) is 16.1 Å². The van der Waals surface area contributed by atoms with Gasteiger partial charge in [0.15, 0.2) is 0 Å². The number of fused-ring (bicyclic) bond motifs is 2. The Morgan fingerprint density at radius 1 is 0.786 bits per heavy atom. The van der Waals surface area contributed by atoms with Gasteiger partial charge in [0.1, 0.15) is 5.41 Å². The van der Waals surface area contributed by atoms with E-state index in [0.29, 0.717) is 34.7 Å². The molecule has 2 aromatic heterocycles. The van der Waals surface area contributed by atoms with Crippen LogP contribution in [-0.2, 0) is 5.41 Å². The van der Waals surface area contributed by atoms with E-state index in [9.17, 15) is 13.2 Å². The van der Waals surface area contributed by atoms with Crippen LogP contribution in [0.25, 0.3) is 21.8 Å². The number of nitrogens with one attached hydrogen (secondary N) is 2. The van der Waals surface area contributed by atoms with Crippen molar-refractivity contribution in [3.8, 4) is 0 Å². The van der Waals surface area contributed by atoms with Crippen molar-refractivity contribution in [2.45, 2.75) is 38.3 Å². The number of aryl methyl sites for hydroxylation is 2. The number of H-pyrrole nitrogens is 2. The molecule has 1 fully saturated rings. The fraction of sp³-hybridized carbons (Fsp3) is 0.304. The number of benzene rings is 2. The third-order valence-corrected chi connectivity index (χ3v) is 6.16. The maximum Gasteiger partial charge on any atom is 0.402 e. The summed E-state index contributed by atoms with van der Waals surface area (Å²) in [6.45, 7) is 3.89. The number of aromatic nitrogens is 2. The molecule has 2 N–H and O–H groups in total. The third kappa shape index (κ3) is 2.28. The minimum atomic E-state index is -4.41. The Balaban J connectivity index is 1.88. The topological polar surface area (TPSA) is 31.6 Å². The molecule has 0 atom stereocenters. The molecule has 1 aliphatic rings. The highest BCUT2D eigenvalue weighted by Gasteiger charge is 2.65. The molecule has 0 unspecified atom stereocenters. The zero-order valence-corrected chi connectivity index (χ0v) is 15.7. The summed E-state index contributed by atoms with van der Waals surface area (Å²) in [5.74, 6) is -0.451. The molecule has 1 aliphatic carbocycles. The molecule has 0 aliphatic heterocycles. The molecule has 4 aromatic rings. The molecule has 0 spiro atoms. The van der Waals surface area contributed by atoms with Crippen molar-refractivity contribution in [3.05, 3.63) is 71.0 Å². The number of rotatable bonds is 3. The largest absolute Gasteiger partial charge is 0.402 e. The molecule has 1 saturated carbocycles. The predicted molar refractivity (Wildman–Crippen MR) is 106 cm³/mol. The van der Waals surface area contributed by atoms with Crippen LogP contribution in [0.15, 0.2) is 48.8 Å². The zero-order chi connectivity index (χ0) is 19.7. The second kappa shape index (κ2) is 5.66. The van der Waals surface area contributed by atoms with Crippen molar-refractivity contribution < 1.29 is 13.2 Å². The van der Waals surface area contributed by atoms with Gasteiger partial charge in [0, 0.05) is 34.2 Å². The molecular weight excluding hydrogens is 361 g/mol. The fourth-order valence-corrected chi connectivity index (χ4v) is 4.77. The molecule has 0 saturated heterocycles. The standard InChI is InChI=1S/C23H21F3N2/c1-13-3-7-16-18(11-27-20(16)9-13)22(15-5-6-15,23(24,25)26)19-12-28-21-10-14(2)4-8-17(19)21/h3-4,7-12,15,27-28H,5-6H2,1-2H3. The average Bonchev–Trinajstić information content (AvgIpc) is 3.26. The lowest BCUT2D eigenvalue weighted by molar-refractivity contribution is -0.183. The summed E-state index contributed by atoms with van der Waals surface area (Å²) in [6.07, 6.45) is -0.104. The zero-order valence-electron chi connectivity index (χ0n) is 15.7. The highest BCUT2D eigenvalue weighted by atomic mass is 19.4. The van der Waals surface area contributed by atoms with Crippen LogP contribution in [0.2, 0.25) is 0 Å². The maximum absolute atomic E-state index is 15.0. The number of halogens is 3. The minimum absolute atomic E-state index is 0.332. The summed E-state index contributed by atoms with van der Waals surface area (Å²) in [7, 11) is 0. The van der Waals surface area contributed by atoms with Crippen LogP contribution < -0.4 is 0 Å². The molecule has 0 radical (unpaired) electrons. The quantitative estimate of drug-likeness (QED) is 0.404. The maximum atomic E-state index is 15.0. The normalized spacial score (nSPS) is 15.6. The molecule has 0 bridgehead atoms. The molecule has 144 valence electrons. The Bertz CT molecular complexity index is 1110. The van der Waals surface area contributed by atoms with Crippen molar-refractivity contribution in [2.75, 3.05) is 0 Å². The molecular formula is C23H21F3N2. The third-order valence-electron chi connectivity index (χ3n) is 6.16. The SMILES string of the molecule is Cc1ccc2c(C(c3c[nH]c4cc(C)ccc34)(C3CC3)C(F)(F)F)c[nH]c2c1. The molecule has 28 heavy (non-hydrogen) atoms. The van der Waals surface area contributed by atoms with Gasteiger partial charge in [0.05, 0.1) is 0 Å². The lowest BCUT2D eigenvalue weighted by atomic mass is 9.69. The van der Waals surface area contributed by atoms with Gasteiger partial charge >= 0.3 is 6.18 Å². The number of alkyl halides is 3. The van der Waals surface area contributed by atoms with E-state index in [1.54, 1.807) is 12.4 Å². The summed E-state index contributed by atoms with van der Waals surface area (Å²) < 4.78 is 44.9. The first-order chi connectivity index (χ1) is 13.3. The van der Waals surface area contributed by atoms with Crippen LogP contribution in [0.4, 0.5) is 13.2 Å². The van der Waals surface area contributed by atoms with E-state index in [1.165, 1.54) is 0 Å². The highest BCUT2D eigenvalue weighted by Crippen LogP contribution is 2.61. The van der Waals surface area contributed by atoms with Gasteiger partial charge in [-0.15, -0.1) is 0 Å². The first-order valence-corrected chi connectivity index (χ1v) is 9.55. The van der Waals surface area contributed by atoms with Crippen LogP contribution in [0.5, 0.6) is 0 Å². The summed E-state index contributed by atoms with van der Waals surface area (Å²) in [5.41, 5.74) is 2.19. The number of hydrogen-bond acceptors (Lipinski definition) is 0. The van der Waals surface area contributed by atoms with E-state index in [2.05, 4.69) is 9.97 Å². The highest BCUT2D eigenvalue weighted by molar-refractivity contribution is 5.90. The van der Waals surface area contributed by atoms with E-state index in [-0.39, 0.29) is 0 Å². The van der Waals surface area contributed by atoms with Crippen molar-refractivity contribution in [3.63, 3.8) is 0 Å². The number of aromatic amines is 2. The van der Waals surface area contributed by atoms with Gasteiger partial charge in [-0.3, -0.25) is 0 Å². The van der Waals surface area contributed by atoms with Crippen molar-refractivity contribution >= 4 is 21.8 Å². The predicted octanol–water partition coefficient (Wildman–Crippen LogP) is 6.52. The fourth-order valence-electron chi connectivity index (χ4n) is 4.77. The van der Waals surface area contributed by atoms with Crippen LogP contribution >= 0.6 is 0 Å². The molecule has 0 amide bonds. The van der Waals surface area contributed by atoms with E-state index in [4.69, 9.17) is 0 Å². The van der Waals surface area contributed by atoms with Gasteiger partial charge in [-0.1, -0.05) is 24.3 Å². The van der Waals surface area contributed by atoms with E-state index in [1.807, 2.05) is 50.2 Å². The second-order valence-electron chi connectivity index (χ2n) is 8.08. The summed E-state index contributed by atoms with van der Waals surface area (Å²) >= 11 is 0. The number of hydrogen-bond donors (Lipinski definition) is 2. The molecule has 5 rings (SSSR count). The molecule has 2 nitrogen and oxygen atoms in total. The van der Waals surface area contributed by atoms with E-state index >= 15 is 0 Å². The molecule has 5 heteroatoms. The van der Waals surface area contributed by atoms with Gasteiger partial charge in [-0.2, -0.15) is 13.2 Å². The Hall–Kier alpha value is -2.69. The molecule has 2 heterocycles. The van der Waals surface area contributed by atoms with Crippen LogP contribution in [0.3, 0.4) is 0 Å².